The molecule has 6 heteroatoms. The van der Waals surface area contributed by atoms with Gasteiger partial charge in [0.15, 0.2) is 5.13 Å². The van der Waals surface area contributed by atoms with Gasteiger partial charge in [-0.15, -0.1) is 11.3 Å². The first-order valence-corrected chi connectivity index (χ1v) is 7.70. The zero-order valence-corrected chi connectivity index (χ0v) is 12.1. The standard InChI is InChI=1S/C15H15FN2O2S/c16-11-5-3-4-10(8-11)12-9-21-14(17-12)18-13(19)15(20)6-1-2-7-15/h3-5,8-9,20H,1-2,6-7H2,(H,17,18,19). The van der Waals surface area contributed by atoms with E-state index < -0.39 is 11.5 Å². The van der Waals surface area contributed by atoms with E-state index in [0.29, 0.717) is 29.2 Å². The van der Waals surface area contributed by atoms with Gasteiger partial charge in [0.05, 0.1) is 5.69 Å². The molecule has 2 N–H and O–H groups in total. The van der Waals surface area contributed by atoms with E-state index in [9.17, 15) is 14.3 Å². The molecule has 0 bridgehead atoms. The zero-order chi connectivity index (χ0) is 14.9. The molecule has 1 saturated carbocycles. The zero-order valence-electron chi connectivity index (χ0n) is 11.3. The lowest BCUT2D eigenvalue weighted by atomic mass is 10.0. The molecule has 4 nitrogen and oxygen atoms in total. The highest BCUT2D eigenvalue weighted by Crippen LogP contribution is 2.32. The molecule has 1 fully saturated rings. The minimum atomic E-state index is -1.27. The van der Waals surface area contributed by atoms with Gasteiger partial charge >= 0.3 is 0 Å². The Morgan fingerprint density at radius 1 is 1.38 bits per heavy atom. The van der Waals surface area contributed by atoms with Crippen LogP contribution >= 0.6 is 11.3 Å². The van der Waals surface area contributed by atoms with E-state index in [1.165, 1.54) is 23.5 Å². The minimum absolute atomic E-state index is 0.327. The molecule has 1 heterocycles. The summed E-state index contributed by atoms with van der Waals surface area (Å²) in [7, 11) is 0. The van der Waals surface area contributed by atoms with Gasteiger partial charge in [0.2, 0.25) is 0 Å². The molecule has 1 aliphatic rings. The van der Waals surface area contributed by atoms with Gasteiger partial charge in [0.1, 0.15) is 11.4 Å². The topological polar surface area (TPSA) is 62.2 Å². The predicted molar refractivity (Wildman–Crippen MR) is 79.6 cm³/mol. The summed E-state index contributed by atoms with van der Waals surface area (Å²) in [5, 5.41) is 15.0. The van der Waals surface area contributed by atoms with Crippen LogP contribution in [0.1, 0.15) is 25.7 Å². The summed E-state index contributed by atoms with van der Waals surface area (Å²) in [5.41, 5.74) is -0.00966. The van der Waals surface area contributed by atoms with Crippen molar-refractivity contribution < 1.29 is 14.3 Å². The van der Waals surface area contributed by atoms with Crippen molar-refractivity contribution in [1.82, 2.24) is 4.98 Å². The highest BCUT2D eigenvalue weighted by molar-refractivity contribution is 7.14. The van der Waals surface area contributed by atoms with Crippen molar-refractivity contribution in [2.24, 2.45) is 0 Å². The number of nitrogens with one attached hydrogen (secondary N) is 1. The lowest BCUT2D eigenvalue weighted by Gasteiger charge is -2.19. The van der Waals surface area contributed by atoms with Crippen LogP contribution in [0.15, 0.2) is 29.6 Å². The lowest BCUT2D eigenvalue weighted by molar-refractivity contribution is -0.133. The Labute approximate surface area is 125 Å². The number of aromatic nitrogens is 1. The van der Waals surface area contributed by atoms with Crippen molar-refractivity contribution in [3.8, 4) is 11.3 Å². The van der Waals surface area contributed by atoms with Crippen molar-refractivity contribution in [1.29, 1.82) is 0 Å². The number of halogens is 1. The van der Waals surface area contributed by atoms with Gasteiger partial charge in [0.25, 0.3) is 5.91 Å². The van der Waals surface area contributed by atoms with Crippen molar-refractivity contribution in [2.75, 3.05) is 5.32 Å². The van der Waals surface area contributed by atoms with Crippen LogP contribution in [0.5, 0.6) is 0 Å². The van der Waals surface area contributed by atoms with Crippen LogP contribution in [0.2, 0.25) is 0 Å². The summed E-state index contributed by atoms with van der Waals surface area (Å²) < 4.78 is 13.2. The number of thiazole rings is 1. The van der Waals surface area contributed by atoms with Crippen molar-refractivity contribution >= 4 is 22.4 Å². The molecule has 0 saturated heterocycles. The minimum Gasteiger partial charge on any atom is -0.380 e. The second kappa shape index (κ2) is 5.54. The Bertz CT molecular complexity index is 665. The van der Waals surface area contributed by atoms with Gasteiger partial charge in [-0.05, 0) is 37.8 Å². The van der Waals surface area contributed by atoms with E-state index in [1.807, 2.05) is 0 Å². The van der Waals surface area contributed by atoms with Gasteiger partial charge < -0.3 is 5.11 Å². The molecule has 1 aromatic heterocycles. The maximum absolute atomic E-state index is 13.2. The number of hydrogen-bond acceptors (Lipinski definition) is 4. The highest BCUT2D eigenvalue weighted by atomic mass is 32.1. The number of nitrogens with zero attached hydrogens (tertiary/aromatic N) is 1. The van der Waals surface area contributed by atoms with Gasteiger partial charge in [-0.25, -0.2) is 9.37 Å². The van der Waals surface area contributed by atoms with Gasteiger partial charge in [0, 0.05) is 10.9 Å². The molecule has 1 aliphatic carbocycles. The van der Waals surface area contributed by atoms with Crippen LogP contribution in [0.4, 0.5) is 9.52 Å². The molecular formula is C15H15FN2O2S. The van der Waals surface area contributed by atoms with E-state index in [1.54, 1.807) is 17.5 Å². The first-order chi connectivity index (χ1) is 10.1. The second-order valence-corrected chi connectivity index (χ2v) is 6.10. The first-order valence-electron chi connectivity index (χ1n) is 6.82. The molecule has 0 spiro atoms. The number of carbonyl (C=O) groups excluding carboxylic acids is 1. The summed E-state index contributed by atoms with van der Waals surface area (Å²) in [6.45, 7) is 0. The third kappa shape index (κ3) is 2.96. The van der Waals surface area contributed by atoms with Crippen LogP contribution < -0.4 is 5.32 Å². The molecule has 2 aromatic rings. The number of carbonyl (C=O) groups is 1. The number of benzene rings is 1. The number of aliphatic hydroxyl groups is 1. The van der Waals surface area contributed by atoms with Crippen LogP contribution in [0.3, 0.4) is 0 Å². The summed E-state index contributed by atoms with van der Waals surface area (Å²) in [4.78, 5) is 16.4. The van der Waals surface area contributed by atoms with E-state index in [4.69, 9.17) is 0 Å². The number of rotatable bonds is 3. The predicted octanol–water partition coefficient (Wildman–Crippen LogP) is 3.19. The van der Waals surface area contributed by atoms with E-state index >= 15 is 0 Å². The molecule has 110 valence electrons. The maximum Gasteiger partial charge on any atom is 0.258 e. The van der Waals surface area contributed by atoms with Gasteiger partial charge in [-0.2, -0.15) is 0 Å². The van der Waals surface area contributed by atoms with Crippen molar-refractivity contribution in [2.45, 2.75) is 31.3 Å². The quantitative estimate of drug-likeness (QED) is 0.915. The SMILES string of the molecule is O=C(Nc1nc(-c2cccc(F)c2)cs1)C1(O)CCCC1. The van der Waals surface area contributed by atoms with Crippen LogP contribution in [-0.4, -0.2) is 21.6 Å². The Balaban J connectivity index is 1.75. The van der Waals surface area contributed by atoms with Crippen molar-refractivity contribution in [3.05, 3.63) is 35.5 Å². The fourth-order valence-electron chi connectivity index (χ4n) is 2.51. The highest BCUT2D eigenvalue weighted by Gasteiger charge is 2.39. The molecule has 1 amide bonds. The van der Waals surface area contributed by atoms with E-state index in [0.717, 1.165) is 12.8 Å². The molecule has 0 unspecified atom stereocenters. The molecule has 1 aromatic carbocycles. The number of hydrogen-bond donors (Lipinski definition) is 2. The van der Waals surface area contributed by atoms with Crippen LogP contribution in [0, 0.1) is 5.82 Å². The van der Waals surface area contributed by atoms with Gasteiger partial charge in [-0.1, -0.05) is 12.1 Å². The average molecular weight is 306 g/mol. The van der Waals surface area contributed by atoms with E-state index in [2.05, 4.69) is 10.3 Å². The average Bonchev–Trinajstić information content (AvgIpc) is 3.09. The largest absolute Gasteiger partial charge is 0.380 e. The Morgan fingerprint density at radius 3 is 2.86 bits per heavy atom. The third-order valence-corrected chi connectivity index (χ3v) is 4.46. The monoisotopic (exact) mass is 306 g/mol. The molecule has 0 aliphatic heterocycles. The van der Waals surface area contributed by atoms with Crippen molar-refractivity contribution in [3.63, 3.8) is 0 Å². The number of anilines is 1. The van der Waals surface area contributed by atoms with E-state index in [-0.39, 0.29) is 5.82 Å². The third-order valence-electron chi connectivity index (χ3n) is 3.70. The summed E-state index contributed by atoms with van der Waals surface area (Å²) in [6, 6.07) is 6.14. The molecule has 3 rings (SSSR count). The lowest BCUT2D eigenvalue weighted by Crippen LogP contribution is -2.40. The molecular weight excluding hydrogens is 291 g/mol. The molecule has 21 heavy (non-hydrogen) atoms. The first kappa shape index (κ1) is 14.2. The van der Waals surface area contributed by atoms with Crippen LogP contribution in [-0.2, 0) is 4.79 Å². The summed E-state index contributed by atoms with van der Waals surface area (Å²) in [5.74, 6) is -0.730. The normalized spacial score (nSPS) is 16.9. The second-order valence-electron chi connectivity index (χ2n) is 5.24. The fraction of sp³-hybridized carbons (Fsp3) is 0.333. The maximum atomic E-state index is 13.2. The Hall–Kier alpha value is -1.79. The molecule has 0 radical (unpaired) electrons. The Kier molecular flexibility index (Phi) is 3.73. The summed E-state index contributed by atoms with van der Waals surface area (Å²) in [6.07, 6.45) is 2.69. The molecule has 0 atom stereocenters. The van der Waals surface area contributed by atoms with Crippen LogP contribution in [0.25, 0.3) is 11.3 Å². The fourth-order valence-corrected chi connectivity index (χ4v) is 3.23. The van der Waals surface area contributed by atoms with Gasteiger partial charge in [-0.3, -0.25) is 10.1 Å². The Morgan fingerprint density at radius 2 is 2.14 bits per heavy atom. The smallest absolute Gasteiger partial charge is 0.258 e. The number of amides is 1. The summed E-state index contributed by atoms with van der Waals surface area (Å²) >= 11 is 1.26.